The van der Waals surface area contributed by atoms with E-state index in [0.29, 0.717) is 6.04 Å². The molecule has 21 heavy (non-hydrogen) atoms. The third kappa shape index (κ3) is 3.87. The molecule has 0 amide bonds. The highest BCUT2D eigenvalue weighted by molar-refractivity contribution is 5.11. The van der Waals surface area contributed by atoms with Crippen LogP contribution in [0.1, 0.15) is 77.5 Å². The zero-order valence-electron chi connectivity index (χ0n) is 13.8. The molecule has 1 aromatic heterocycles. The van der Waals surface area contributed by atoms with Crippen molar-refractivity contribution in [2.24, 2.45) is 11.3 Å². The number of aromatic nitrogens is 2. The molecule has 0 aliphatic heterocycles. The maximum absolute atomic E-state index is 9.70. The van der Waals surface area contributed by atoms with Crippen LogP contribution in [-0.4, -0.2) is 9.78 Å². The van der Waals surface area contributed by atoms with Gasteiger partial charge in [-0.2, -0.15) is 10.4 Å². The predicted octanol–water partition coefficient (Wildman–Crippen LogP) is 4.90. The van der Waals surface area contributed by atoms with Crippen molar-refractivity contribution < 1.29 is 0 Å². The van der Waals surface area contributed by atoms with Crippen LogP contribution in [0.15, 0.2) is 12.3 Å². The third-order valence-corrected chi connectivity index (χ3v) is 5.22. The van der Waals surface area contributed by atoms with Gasteiger partial charge in [-0.05, 0) is 51.0 Å². The summed E-state index contributed by atoms with van der Waals surface area (Å²) < 4.78 is 2.04. The Hall–Kier alpha value is -1.30. The van der Waals surface area contributed by atoms with Gasteiger partial charge < -0.3 is 0 Å². The summed E-state index contributed by atoms with van der Waals surface area (Å²) in [6.45, 7) is 6.62. The Morgan fingerprint density at radius 1 is 1.43 bits per heavy atom. The molecule has 0 N–H and O–H groups in total. The molecule has 0 aromatic carbocycles. The highest BCUT2D eigenvalue weighted by atomic mass is 15.3. The second kappa shape index (κ2) is 7.11. The van der Waals surface area contributed by atoms with Gasteiger partial charge in [0.15, 0.2) is 0 Å². The lowest BCUT2D eigenvalue weighted by molar-refractivity contribution is 0.199. The maximum Gasteiger partial charge on any atom is 0.0693 e. The van der Waals surface area contributed by atoms with Crippen molar-refractivity contribution in [3.8, 4) is 6.07 Å². The molecule has 0 bridgehead atoms. The zero-order chi connectivity index (χ0) is 15.3. The van der Waals surface area contributed by atoms with E-state index < -0.39 is 0 Å². The van der Waals surface area contributed by atoms with E-state index in [1.165, 1.54) is 25.7 Å². The highest BCUT2D eigenvalue weighted by Gasteiger charge is 2.36. The van der Waals surface area contributed by atoms with Crippen molar-refractivity contribution >= 4 is 0 Å². The molecule has 1 saturated carbocycles. The van der Waals surface area contributed by atoms with Crippen molar-refractivity contribution in [3.05, 3.63) is 18.0 Å². The Morgan fingerprint density at radius 2 is 2.14 bits per heavy atom. The Kier molecular flexibility index (Phi) is 5.45. The number of nitrogens with zero attached hydrogens (tertiary/aromatic N) is 3. The lowest BCUT2D eigenvalue weighted by atomic mass is 9.68. The molecule has 0 spiro atoms. The first kappa shape index (κ1) is 16.1. The zero-order valence-corrected chi connectivity index (χ0v) is 13.8. The van der Waals surface area contributed by atoms with Crippen LogP contribution in [0.3, 0.4) is 0 Å². The first-order valence-corrected chi connectivity index (χ1v) is 8.57. The van der Waals surface area contributed by atoms with Gasteiger partial charge in [0, 0.05) is 18.7 Å². The summed E-state index contributed by atoms with van der Waals surface area (Å²) in [5.41, 5.74) is 0.921. The van der Waals surface area contributed by atoms with Crippen LogP contribution in [0.5, 0.6) is 0 Å². The number of rotatable bonds is 6. The molecular formula is C18H29N3. The molecule has 1 aliphatic rings. The average molecular weight is 287 g/mol. The van der Waals surface area contributed by atoms with E-state index in [-0.39, 0.29) is 5.41 Å². The SMILES string of the molecule is CCCC1CCC(C#N)(Cc2ccn(C(C)CC)n2)CC1. The summed E-state index contributed by atoms with van der Waals surface area (Å²) >= 11 is 0. The van der Waals surface area contributed by atoms with Crippen LogP contribution < -0.4 is 0 Å². The molecule has 1 aliphatic carbocycles. The summed E-state index contributed by atoms with van der Waals surface area (Å²) in [6, 6.07) is 5.17. The van der Waals surface area contributed by atoms with Gasteiger partial charge in [0.1, 0.15) is 0 Å². The van der Waals surface area contributed by atoms with Crippen LogP contribution in [0.25, 0.3) is 0 Å². The molecule has 2 rings (SSSR count). The Labute approximate surface area is 129 Å². The maximum atomic E-state index is 9.70. The van der Waals surface area contributed by atoms with Crippen molar-refractivity contribution in [1.29, 1.82) is 5.26 Å². The van der Waals surface area contributed by atoms with Crippen LogP contribution in [0, 0.1) is 22.7 Å². The van der Waals surface area contributed by atoms with E-state index in [9.17, 15) is 5.26 Å². The van der Waals surface area contributed by atoms with Gasteiger partial charge in [0.05, 0.1) is 17.2 Å². The quantitative estimate of drug-likeness (QED) is 0.747. The fourth-order valence-corrected chi connectivity index (χ4v) is 3.51. The van der Waals surface area contributed by atoms with Crippen LogP contribution in [-0.2, 0) is 6.42 Å². The molecule has 1 fully saturated rings. The van der Waals surface area contributed by atoms with Gasteiger partial charge in [-0.1, -0.05) is 26.7 Å². The van der Waals surface area contributed by atoms with E-state index in [1.807, 2.05) is 4.68 Å². The summed E-state index contributed by atoms with van der Waals surface area (Å²) in [5, 5.41) is 14.4. The van der Waals surface area contributed by atoms with Crippen molar-refractivity contribution in [1.82, 2.24) is 9.78 Å². The van der Waals surface area contributed by atoms with E-state index in [4.69, 9.17) is 0 Å². The predicted molar refractivity (Wildman–Crippen MR) is 85.8 cm³/mol. The Bertz CT molecular complexity index is 475. The fraction of sp³-hybridized carbons (Fsp3) is 0.778. The van der Waals surface area contributed by atoms with Gasteiger partial charge in [0.2, 0.25) is 0 Å². The molecule has 1 atom stereocenters. The van der Waals surface area contributed by atoms with Crippen LogP contribution in [0.2, 0.25) is 0 Å². The molecule has 116 valence electrons. The normalized spacial score (nSPS) is 27.2. The monoisotopic (exact) mass is 287 g/mol. The number of hydrogen-bond donors (Lipinski definition) is 0. The van der Waals surface area contributed by atoms with Crippen molar-refractivity contribution in [2.45, 2.75) is 78.2 Å². The average Bonchev–Trinajstić information content (AvgIpc) is 2.97. The van der Waals surface area contributed by atoms with E-state index in [1.54, 1.807) is 0 Å². The first-order valence-electron chi connectivity index (χ1n) is 8.57. The minimum absolute atomic E-state index is 0.168. The minimum Gasteiger partial charge on any atom is -0.270 e. The summed E-state index contributed by atoms with van der Waals surface area (Å²) in [4.78, 5) is 0. The van der Waals surface area contributed by atoms with Gasteiger partial charge >= 0.3 is 0 Å². The van der Waals surface area contributed by atoms with Crippen molar-refractivity contribution in [3.63, 3.8) is 0 Å². The number of hydrogen-bond acceptors (Lipinski definition) is 2. The smallest absolute Gasteiger partial charge is 0.0693 e. The fourth-order valence-electron chi connectivity index (χ4n) is 3.51. The topological polar surface area (TPSA) is 41.6 Å². The molecule has 1 aromatic rings. The summed E-state index contributed by atoms with van der Waals surface area (Å²) in [7, 11) is 0. The van der Waals surface area contributed by atoms with Gasteiger partial charge in [-0.25, -0.2) is 0 Å². The van der Waals surface area contributed by atoms with Crippen molar-refractivity contribution in [2.75, 3.05) is 0 Å². The lowest BCUT2D eigenvalue weighted by Gasteiger charge is -2.34. The van der Waals surface area contributed by atoms with E-state index >= 15 is 0 Å². The third-order valence-electron chi connectivity index (χ3n) is 5.22. The minimum atomic E-state index is -0.168. The van der Waals surface area contributed by atoms with Crippen LogP contribution in [0.4, 0.5) is 0 Å². The van der Waals surface area contributed by atoms with E-state index in [2.05, 4.69) is 44.2 Å². The Balaban J connectivity index is 2.00. The molecule has 3 nitrogen and oxygen atoms in total. The van der Waals surface area contributed by atoms with Gasteiger partial charge in [0.25, 0.3) is 0 Å². The first-order chi connectivity index (χ1) is 10.1. The second-order valence-corrected chi connectivity index (χ2v) is 6.85. The summed E-state index contributed by atoms with van der Waals surface area (Å²) in [6.07, 6.45) is 11.1. The molecule has 0 radical (unpaired) electrons. The molecule has 1 heterocycles. The molecule has 3 heteroatoms. The van der Waals surface area contributed by atoms with E-state index in [0.717, 1.165) is 37.3 Å². The largest absolute Gasteiger partial charge is 0.270 e. The second-order valence-electron chi connectivity index (χ2n) is 6.85. The highest BCUT2D eigenvalue weighted by Crippen LogP contribution is 2.42. The number of nitriles is 1. The molecule has 1 unspecified atom stereocenters. The van der Waals surface area contributed by atoms with Gasteiger partial charge in [-0.3, -0.25) is 4.68 Å². The lowest BCUT2D eigenvalue weighted by Crippen LogP contribution is -2.28. The standard InChI is InChI=1S/C18H29N3/c1-4-6-16-7-10-18(14-19,11-8-16)13-17-9-12-21(20-17)15(3)5-2/h9,12,15-16H,4-8,10-11,13H2,1-3H3. The Morgan fingerprint density at radius 3 is 2.71 bits per heavy atom. The molecule has 0 saturated heterocycles. The summed E-state index contributed by atoms with van der Waals surface area (Å²) in [5.74, 6) is 0.842. The van der Waals surface area contributed by atoms with Crippen LogP contribution >= 0.6 is 0 Å². The van der Waals surface area contributed by atoms with Gasteiger partial charge in [-0.15, -0.1) is 0 Å². The molecular weight excluding hydrogens is 258 g/mol.